The number of hydrogen-bond donors (Lipinski definition) is 2. The van der Waals surface area contributed by atoms with E-state index in [0.29, 0.717) is 0 Å². The van der Waals surface area contributed by atoms with Gasteiger partial charge >= 0.3 is 19.5 Å². The van der Waals surface area contributed by atoms with E-state index in [-0.39, 0.29) is 11.1 Å². The van der Waals surface area contributed by atoms with Crippen molar-refractivity contribution in [1.29, 1.82) is 0 Å². The molecule has 0 spiro atoms. The topological polar surface area (TPSA) is 74.6 Å². The van der Waals surface area contributed by atoms with E-state index in [9.17, 15) is 22.5 Å². The van der Waals surface area contributed by atoms with Gasteiger partial charge in [0.05, 0.1) is 11.1 Å². The van der Waals surface area contributed by atoms with Gasteiger partial charge in [-0.05, 0) is 24.3 Å². The zero-order chi connectivity index (χ0) is 12.7. The summed E-state index contributed by atoms with van der Waals surface area (Å²) in [6.07, 6.45) is 0. The molecule has 2 N–H and O–H groups in total. The molecular formula is C8H6BF3O4. The SMILES string of the molecule is FB(F)F.O=C(O)c1ccc(C(=O)O)cc1. The van der Waals surface area contributed by atoms with E-state index in [1.807, 2.05) is 0 Å². The van der Waals surface area contributed by atoms with Crippen LogP contribution in [0.25, 0.3) is 0 Å². The molecule has 16 heavy (non-hydrogen) atoms. The minimum Gasteiger partial charge on any atom is -0.478 e. The van der Waals surface area contributed by atoms with Gasteiger partial charge in [-0.2, -0.15) is 0 Å². The first-order valence-electron chi connectivity index (χ1n) is 3.83. The van der Waals surface area contributed by atoms with Crippen molar-refractivity contribution in [3.8, 4) is 0 Å². The molecule has 0 aliphatic heterocycles. The number of rotatable bonds is 2. The summed E-state index contributed by atoms with van der Waals surface area (Å²) >= 11 is 0. The summed E-state index contributed by atoms with van der Waals surface area (Å²) in [6.45, 7) is 0. The molecule has 0 aliphatic carbocycles. The maximum Gasteiger partial charge on any atom is 0.762 e. The van der Waals surface area contributed by atoms with Crippen LogP contribution >= 0.6 is 0 Å². The summed E-state index contributed by atoms with van der Waals surface area (Å²) in [7, 11) is -3.67. The number of carboxylic acid groups (broad SMARTS) is 2. The van der Waals surface area contributed by atoms with Crippen LogP contribution in [-0.2, 0) is 0 Å². The Morgan fingerprint density at radius 2 is 1.06 bits per heavy atom. The van der Waals surface area contributed by atoms with Crippen LogP contribution in [0.15, 0.2) is 24.3 Å². The molecular weight excluding hydrogens is 228 g/mol. The van der Waals surface area contributed by atoms with Crippen molar-refractivity contribution in [3.63, 3.8) is 0 Å². The van der Waals surface area contributed by atoms with Crippen LogP contribution < -0.4 is 0 Å². The molecule has 86 valence electrons. The van der Waals surface area contributed by atoms with Crippen LogP contribution in [0.4, 0.5) is 12.9 Å². The third-order valence-electron chi connectivity index (χ3n) is 1.38. The van der Waals surface area contributed by atoms with Crippen molar-refractivity contribution in [2.45, 2.75) is 0 Å². The third kappa shape index (κ3) is 5.68. The molecule has 1 aromatic carbocycles. The highest BCUT2D eigenvalue weighted by Gasteiger charge is 2.06. The Kier molecular flexibility index (Phi) is 5.68. The van der Waals surface area contributed by atoms with Gasteiger partial charge < -0.3 is 10.2 Å². The molecule has 1 aromatic rings. The van der Waals surface area contributed by atoms with Gasteiger partial charge in [0.2, 0.25) is 0 Å². The Labute approximate surface area is 88.5 Å². The average molecular weight is 234 g/mol. The largest absolute Gasteiger partial charge is 0.762 e. The number of hydrogen-bond acceptors (Lipinski definition) is 2. The second-order valence-electron chi connectivity index (χ2n) is 2.44. The normalized spacial score (nSPS) is 8.69. The van der Waals surface area contributed by atoms with Crippen molar-refractivity contribution < 1.29 is 32.7 Å². The number of benzene rings is 1. The highest BCUT2D eigenvalue weighted by atomic mass is 19.4. The smallest absolute Gasteiger partial charge is 0.478 e. The first-order valence-corrected chi connectivity index (χ1v) is 3.83. The Bertz CT molecular complexity index is 330. The molecule has 8 heteroatoms. The molecule has 0 radical (unpaired) electrons. The summed E-state index contributed by atoms with van der Waals surface area (Å²) in [5, 5.41) is 16.9. The molecule has 0 heterocycles. The van der Waals surface area contributed by atoms with Crippen molar-refractivity contribution in [3.05, 3.63) is 35.4 Å². The van der Waals surface area contributed by atoms with E-state index < -0.39 is 19.5 Å². The maximum atomic E-state index is 10.3. The van der Waals surface area contributed by atoms with Crippen LogP contribution in [0.5, 0.6) is 0 Å². The number of carbonyl (C=O) groups is 2. The summed E-state index contributed by atoms with van der Waals surface area (Å²) in [6, 6.07) is 5.02. The van der Waals surface area contributed by atoms with Gasteiger partial charge in [0.25, 0.3) is 0 Å². The molecule has 0 unspecified atom stereocenters. The van der Waals surface area contributed by atoms with Gasteiger partial charge in [-0.15, -0.1) is 0 Å². The first-order chi connectivity index (χ1) is 7.34. The Morgan fingerprint density at radius 3 is 1.19 bits per heavy atom. The quantitative estimate of drug-likeness (QED) is 0.767. The summed E-state index contributed by atoms with van der Waals surface area (Å²) in [5.74, 6) is -2.13. The molecule has 0 amide bonds. The number of aromatic carboxylic acids is 2. The lowest BCUT2D eigenvalue weighted by Crippen LogP contribution is -1.99. The molecule has 1 rings (SSSR count). The van der Waals surface area contributed by atoms with Crippen molar-refractivity contribution in [2.24, 2.45) is 0 Å². The third-order valence-corrected chi connectivity index (χ3v) is 1.38. The number of carboxylic acids is 2. The van der Waals surface area contributed by atoms with E-state index in [4.69, 9.17) is 10.2 Å². The van der Waals surface area contributed by atoms with E-state index in [1.54, 1.807) is 0 Å². The fraction of sp³-hybridized carbons (Fsp3) is 0. The molecule has 0 bridgehead atoms. The van der Waals surface area contributed by atoms with Gasteiger partial charge in [0.15, 0.2) is 0 Å². The predicted octanol–water partition coefficient (Wildman–Crippen LogP) is 1.96. The van der Waals surface area contributed by atoms with Crippen LogP contribution in [0, 0.1) is 0 Å². The highest BCUT2D eigenvalue weighted by Crippen LogP contribution is 2.03. The zero-order valence-corrected chi connectivity index (χ0v) is 7.73. The van der Waals surface area contributed by atoms with Gasteiger partial charge in [0, 0.05) is 0 Å². The van der Waals surface area contributed by atoms with Crippen molar-refractivity contribution in [2.75, 3.05) is 0 Å². The molecule has 0 aliphatic rings. The molecule has 0 saturated carbocycles. The minimum atomic E-state index is -3.67. The molecule has 0 saturated heterocycles. The predicted molar refractivity (Wildman–Crippen MR) is 49.4 cm³/mol. The monoisotopic (exact) mass is 234 g/mol. The summed E-state index contributed by atoms with van der Waals surface area (Å²) < 4.78 is 29.0. The zero-order valence-electron chi connectivity index (χ0n) is 7.73. The summed E-state index contributed by atoms with van der Waals surface area (Å²) in [4.78, 5) is 20.7. The van der Waals surface area contributed by atoms with Crippen molar-refractivity contribution >= 4 is 19.5 Å². The van der Waals surface area contributed by atoms with Crippen LogP contribution in [-0.4, -0.2) is 29.7 Å². The second kappa shape index (κ2) is 6.49. The van der Waals surface area contributed by atoms with E-state index in [0.717, 1.165) is 0 Å². The van der Waals surface area contributed by atoms with Gasteiger partial charge in [0.1, 0.15) is 0 Å². The Morgan fingerprint density at radius 1 is 0.875 bits per heavy atom. The molecule has 0 aromatic heterocycles. The summed E-state index contributed by atoms with van der Waals surface area (Å²) in [5.41, 5.74) is 0.167. The molecule has 0 fully saturated rings. The van der Waals surface area contributed by atoms with Gasteiger partial charge in [-0.3, -0.25) is 12.9 Å². The minimum absolute atomic E-state index is 0.0833. The van der Waals surface area contributed by atoms with E-state index in [2.05, 4.69) is 0 Å². The second-order valence-corrected chi connectivity index (χ2v) is 2.44. The standard InChI is InChI=1S/C8H6O4.BF3/c9-7(10)5-1-2-6(4-3-5)8(11)12;2-1(3)4/h1-4H,(H,9,10)(H,11,12);. The lowest BCUT2D eigenvalue weighted by molar-refractivity contribution is 0.0681. The Balaban J connectivity index is 0.000000487. The fourth-order valence-corrected chi connectivity index (χ4v) is 0.755. The van der Waals surface area contributed by atoms with Crippen LogP contribution in [0.3, 0.4) is 0 Å². The van der Waals surface area contributed by atoms with Crippen LogP contribution in [0.1, 0.15) is 20.7 Å². The van der Waals surface area contributed by atoms with E-state index in [1.165, 1.54) is 24.3 Å². The maximum absolute atomic E-state index is 10.3. The average Bonchev–Trinajstić information content (AvgIpc) is 2.17. The highest BCUT2D eigenvalue weighted by molar-refractivity contribution is 6.33. The number of halogens is 3. The van der Waals surface area contributed by atoms with E-state index >= 15 is 0 Å². The van der Waals surface area contributed by atoms with Crippen molar-refractivity contribution in [1.82, 2.24) is 0 Å². The van der Waals surface area contributed by atoms with Gasteiger partial charge in [-0.25, -0.2) is 9.59 Å². The van der Waals surface area contributed by atoms with Gasteiger partial charge in [-0.1, -0.05) is 0 Å². The first kappa shape index (κ1) is 14.0. The lowest BCUT2D eigenvalue weighted by atomic mass is 10.1. The molecule has 0 atom stereocenters. The molecule has 4 nitrogen and oxygen atoms in total. The lowest BCUT2D eigenvalue weighted by Gasteiger charge is -1.94. The Hall–Kier alpha value is -1.99. The fourth-order valence-electron chi connectivity index (χ4n) is 0.755. The van der Waals surface area contributed by atoms with Crippen LogP contribution in [0.2, 0.25) is 0 Å².